The summed E-state index contributed by atoms with van der Waals surface area (Å²) in [5.41, 5.74) is 0.163. The van der Waals surface area contributed by atoms with E-state index in [1.807, 2.05) is 0 Å². The monoisotopic (exact) mass is 365 g/mol. The van der Waals surface area contributed by atoms with Crippen molar-refractivity contribution in [2.75, 3.05) is 13.1 Å². The zero-order valence-corrected chi connectivity index (χ0v) is 15.0. The Morgan fingerprint density at radius 3 is 2.44 bits per heavy atom. The molecule has 1 heterocycles. The van der Waals surface area contributed by atoms with Gasteiger partial charge in [-0.3, -0.25) is 4.79 Å². The highest BCUT2D eigenvalue weighted by Gasteiger charge is 2.29. The quantitative estimate of drug-likeness (QED) is 0.766. The molecule has 0 aromatic heterocycles. The maximum absolute atomic E-state index is 12.8. The van der Waals surface area contributed by atoms with Crippen LogP contribution in [0.15, 0.2) is 29.2 Å². The van der Waals surface area contributed by atoms with Crippen molar-refractivity contribution in [3.05, 3.63) is 29.8 Å². The van der Waals surface area contributed by atoms with Crippen LogP contribution in [0.5, 0.6) is 0 Å². The van der Waals surface area contributed by atoms with E-state index in [0.29, 0.717) is 25.9 Å². The largest absolute Gasteiger partial charge is 0.451 e. The smallest absolute Gasteiger partial charge is 0.338 e. The van der Waals surface area contributed by atoms with Crippen LogP contribution < -0.4 is 0 Å². The summed E-state index contributed by atoms with van der Waals surface area (Å²) in [4.78, 5) is 24.0. The van der Waals surface area contributed by atoms with E-state index in [2.05, 4.69) is 0 Å². The Hall–Kier alpha value is -1.73. The third-order valence-corrected chi connectivity index (χ3v) is 6.67. The SMILES string of the molecule is O=C(O[C@H]1CCCC1=O)c1cccc(S(=O)(=O)N2CCCCCC2)c1. The van der Waals surface area contributed by atoms with Crippen LogP contribution in [-0.4, -0.2) is 43.7 Å². The second kappa shape index (κ2) is 7.66. The second-order valence-corrected chi connectivity index (χ2v) is 8.54. The molecule has 1 aromatic rings. The standard InChI is InChI=1S/C18H23NO5S/c20-16-9-6-10-17(16)24-18(21)14-7-5-8-15(13-14)25(22,23)19-11-3-1-2-4-12-19/h5,7-8,13,17H,1-4,6,9-12H2/t17-/m0/s1. The van der Waals surface area contributed by atoms with Crippen LogP contribution in [-0.2, 0) is 19.6 Å². The summed E-state index contributed by atoms with van der Waals surface area (Å²) >= 11 is 0. The van der Waals surface area contributed by atoms with Gasteiger partial charge in [0, 0.05) is 19.5 Å². The molecule has 0 bridgehead atoms. The van der Waals surface area contributed by atoms with Gasteiger partial charge in [-0.25, -0.2) is 13.2 Å². The minimum atomic E-state index is -3.62. The first kappa shape index (κ1) is 18.1. The van der Waals surface area contributed by atoms with E-state index in [4.69, 9.17) is 4.74 Å². The molecule has 0 N–H and O–H groups in total. The van der Waals surface area contributed by atoms with E-state index in [1.165, 1.54) is 28.6 Å². The Morgan fingerprint density at radius 1 is 1.08 bits per heavy atom. The number of hydrogen-bond donors (Lipinski definition) is 0. The van der Waals surface area contributed by atoms with Gasteiger partial charge in [-0.15, -0.1) is 0 Å². The molecule has 6 nitrogen and oxygen atoms in total. The Balaban J connectivity index is 1.78. The van der Waals surface area contributed by atoms with E-state index in [1.54, 1.807) is 0 Å². The van der Waals surface area contributed by atoms with E-state index < -0.39 is 22.1 Å². The molecule has 1 aliphatic heterocycles. The highest BCUT2D eigenvalue weighted by atomic mass is 32.2. The third kappa shape index (κ3) is 4.10. The van der Waals surface area contributed by atoms with Gasteiger partial charge in [-0.05, 0) is 43.9 Å². The molecule has 2 aliphatic rings. The minimum absolute atomic E-state index is 0.0679. The number of Topliss-reactive ketones (excluding diaryl/α,β-unsaturated/α-hetero) is 1. The number of esters is 1. The van der Waals surface area contributed by atoms with Crippen molar-refractivity contribution in [1.29, 1.82) is 0 Å². The van der Waals surface area contributed by atoms with E-state index in [-0.39, 0.29) is 16.2 Å². The van der Waals surface area contributed by atoms with Crippen molar-refractivity contribution in [3.63, 3.8) is 0 Å². The number of hydrogen-bond acceptors (Lipinski definition) is 5. The summed E-state index contributed by atoms with van der Waals surface area (Å²) in [5.74, 6) is -0.713. The van der Waals surface area contributed by atoms with Crippen LogP contribution in [0.2, 0.25) is 0 Å². The fourth-order valence-electron chi connectivity index (χ4n) is 3.32. The molecule has 25 heavy (non-hydrogen) atoms. The first-order chi connectivity index (χ1) is 12.0. The van der Waals surface area contributed by atoms with Crippen molar-refractivity contribution >= 4 is 21.8 Å². The zero-order valence-electron chi connectivity index (χ0n) is 14.1. The average molecular weight is 365 g/mol. The predicted molar refractivity (Wildman–Crippen MR) is 91.7 cm³/mol. The van der Waals surface area contributed by atoms with Gasteiger partial charge in [0.25, 0.3) is 0 Å². The van der Waals surface area contributed by atoms with Gasteiger partial charge >= 0.3 is 5.97 Å². The van der Waals surface area contributed by atoms with Crippen molar-refractivity contribution in [2.45, 2.75) is 55.9 Å². The van der Waals surface area contributed by atoms with Crippen molar-refractivity contribution in [3.8, 4) is 0 Å². The summed E-state index contributed by atoms with van der Waals surface area (Å²) in [6, 6.07) is 5.90. The van der Waals surface area contributed by atoms with Gasteiger partial charge in [-0.1, -0.05) is 18.9 Å². The van der Waals surface area contributed by atoms with Crippen LogP contribution >= 0.6 is 0 Å². The normalized spacial score (nSPS) is 22.6. The molecule has 7 heteroatoms. The predicted octanol–water partition coefficient (Wildman–Crippen LogP) is 2.53. The molecule has 1 aromatic carbocycles. The topological polar surface area (TPSA) is 80.8 Å². The Labute approximate surface area is 148 Å². The zero-order chi connectivity index (χ0) is 17.9. The maximum atomic E-state index is 12.8. The lowest BCUT2D eigenvalue weighted by molar-refractivity contribution is -0.124. The van der Waals surface area contributed by atoms with Crippen molar-refractivity contribution in [1.82, 2.24) is 4.31 Å². The summed E-state index contributed by atoms with van der Waals surface area (Å²) in [6.07, 6.45) is 4.77. The fourth-order valence-corrected chi connectivity index (χ4v) is 4.88. The number of carbonyl (C=O) groups is 2. The molecule has 1 aliphatic carbocycles. The van der Waals surface area contributed by atoms with Crippen LogP contribution in [0, 0.1) is 0 Å². The Kier molecular flexibility index (Phi) is 5.54. The molecule has 3 rings (SSSR count). The number of nitrogens with zero attached hydrogens (tertiary/aromatic N) is 1. The lowest BCUT2D eigenvalue weighted by Crippen LogP contribution is -2.32. The van der Waals surface area contributed by atoms with Gasteiger partial charge in [0.05, 0.1) is 10.5 Å². The third-order valence-electron chi connectivity index (χ3n) is 4.77. The second-order valence-electron chi connectivity index (χ2n) is 6.60. The summed E-state index contributed by atoms with van der Waals surface area (Å²) in [6.45, 7) is 1.02. The van der Waals surface area contributed by atoms with Gasteiger partial charge in [0.2, 0.25) is 10.0 Å². The molecule has 1 atom stereocenters. The van der Waals surface area contributed by atoms with E-state index in [0.717, 1.165) is 32.1 Å². The van der Waals surface area contributed by atoms with Gasteiger partial charge < -0.3 is 4.74 Å². The number of benzene rings is 1. The number of ether oxygens (including phenoxy) is 1. The Bertz CT molecular complexity index is 750. The Morgan fingerprint density at radius 2 is 1.80 bits per heavy atom. The molecule has 0 radical (unpaired) electrons. The lowest BCUT2D eigenvalue weighted by Gasteiger charge is -2.20. The molecule has 2 fully saturated rings. The molecule has 0 spiro atoms. The molecule has 136 valence electrons. The van der Waals surface area contributed by atoms with Crippen LogP contribution in [0.25, 0.3) is 0 Å². The molecule has 1 saturated heterocycles. The maximum Gasteiger partial charge on any atom is 0.338 e. The van der Waals surface area contributed by atoms with Gasteiger partial charge in [-0.2, -0.15) is 4.31 Å². The van der Waals surface area contributed by atoms with Crippen molar-refractivity contribution in [2.24, 2.45) is 0 Å². The number of sulfonamides is 1. The van der Waals surface area contributed by atoms with Crippen LogP contribution in [0.3, 0.4) is 0 Å². The van der Waals surface area contributed by atoms with Gasteiger partial charge in [0.1, 0.15) is 0 Å². The van der Waals surface area contributed by atoms with Crippen LogP contribution in [0.4, 0.5) is 0 Å². The lowest BCUT2D eigenvalue weighted by atomic mass is 10.2. The van der Waals surface area contributed by atoms with E-state index in [9.17, 15) is 18.0 Å². The highest BCUT2D eigenvalue weighted by Crippen LogP contribution is 2.23. The fraction of sp³-hybridized carbons (Fsp3) is 0.556. The van der Waals surface area contributed by atoms with E-state index >= 15 is 0 Å². The average Bonchev–Trinajstić information content (AvgIpc) is 2.85. The first-order valence-electron chi connectivity index (χ1n) is 8.82. The summed E-state index contributed by atoms with van der Waals surface area (Å²) in [5, 5.41) is 0. The van der Waals surface area contributed by atoms with Gasteiger partial charge in [0.15, 0.2) is 11.9 Å². The molecule has 1 saturated carbocycles. The number of ketones is 1. The highest BCUT2D eigenvalue weighted by molar-refractivity contribution is 7.89. The number of carbonyl (C=O) groups excluding carboxylic acids is 2. The van der Waals surface area contributed by atoms with Crippen LogP contribution in [0.1, 0.15) is 55.3 Å². The summed E-state index contributed by atoms with van der Waals surface area (Å²) in [7, 11) is -3.62. The molecule has 0 amide bonds. The van der Waals surface area contributed by atoms with Crippen molar-refractivity contribution < 1.29 is 22.7 Å². The molecule has 0 unspecified atom stereocenters. The molecular formula is C18H23NO5S. The molecular weight excluding hydrogens is 342 g/mol. The first-order valence-corrected chi connectivity index (χ1v) is 10.3. The minimum Gasteiger partial charge on any atom is -0.451 e. The number of rotatable bonds is 4. The summed E-state index contributed by atoms with van der Waals surface area (Å²) < 4.78 is 32.4.